The lowest BCUT2D eigenvalue weighted by Gasteiger charge is -2.12. The first-order valence-electron chi connectivity index (χ1n) is 4.94. The van der Waals surface area contributed by atoms with Crippen molar-refractivity contribution in [1.82, 2.24) is 0 Å². The highest BCUT2D eigenvalue weighted by atomic mass is 16.8. The molecule has 0 aliphatic rings. The second-order valence-electron chi connectivity index (χ2n) is 3.15. The fourth-order valence-electron chi connectivity index (χ4n) is 1.24. The summed E-state index contributed by atoms with van der Waals surface area (Å²) in [4.78, 5) is 0. The summed E-state index contributed by atoms with van der Waals surface area (Å²) in [5, 5.41) is 11.4. The van der Waals surface area contributed by atoms with Crippen molar-refractivity contribution in [3.63, 3.8) is 0 Å². The third-order valence-corrected chi connectivity index (χ3v) is 1.95. The van der Waals surface area contributed by atoms with E-state index in [-0.39, 0.29) is 0 Å². The maximum Gasteiger partial charge on any atom is 0.388 e. The standard InChI is InChI=1S/C13H11O3/c14-13(15-11-7-3-1-4-8-11)16-12-9-5-2-6-10-12/h1-10,13H. The largest absolute Gasteiger partial charge is 0.431 e. The van der Waals surface area contributed by atoms with Gasteiger partial charge in [0.15, 0.2) is 0 Å². The van der Waals surface area contributed by atoms with Gasteiger partial charge in [0.1, 0.15) is 11.5 Å². The molecule has 0 atom stereocenters. The Balaban J connectivity index is 1.92. The van der Waals surface area contributed by atoms with Crippen LogP contribution < -0.4 is 9.47 Å². The maximum absolute atomic E-state index is 11.4. The van der Waals surface area contributed by atoms with Gasteiger partial charge in [-0.05, 0) is 24.3 Å². The van der Waals surface area contributed by atoms with E-state index in [1.165, 1.54) is 0 Å². The molecule has 0 aromatic heterocycles. The summed E-state index contributed by atoms with van der Waals surface area (Å²) < 4.78 is 10.1. The molecule has 2 aromatic rings. The molecule has 0 saturated heterocycles. The molecule has 3 nitrogen and oxygen atoms in total. The van der Waals surface area contributed by atoms with E-state index in [0.717, 1.165) is 0 Å². The monoisotopic (exact) mass is 215 g/mol. The van der Waals surface area contributed by atoms with E-state index in [9.17, 15) is 5.11 Å². The Morgan fingerprint density at radius 1 is 0.688 bits per heavy atom. The van der Waals surface area contributed by atoms with Crippen LogP contribution in [0.1, 0.15) is 0 Å². The number of ether oxygens (including phenoxy) is 2. The highest BCUT2D eigenvalue weighted by Crippen LogP contribution is 2.14. The van der Waals surface area contributed by atoms with Gasteiger partial charge in [-0.1, -0.05) is 36.4 Å². The third kappa shape index (κ3) is 3.00. The molecule has 0 fully saturated rings. The minimum absolute atomic E-state index is 0.499. The Labute approximate surface area is 93.9 Å². The van der Waals surface area contributed by atoms with E-state index in [0.29, 0.717) is 11.5 Å². The van der Waals surface area contributed by atoms with E-state index in [4.69, 9.17) is 9.47 Å². The van der Waals surface area contributed by atoms with Gasteiger partial charge in [0, 0.05) is 0 Å². The Morgan fingerprint density at radius 3 is 1.44 bits per heavy atom. The van der Waals surface area contributed by atoms with Crippen LogP contribution in [0.2, 0.25) is 0 Å². The highest BCUT2D eigenvalue weighted by molar-refractivity contribution is 5.22. The van der Waals surface area contributed by atoms with Crippen LogP contribution in [0.25, 0.3) is 0 Å². The van der Waals surface area contributed by atoms with Gasteiger partial charge in [-0.25, -0.2) is 0 Å². The quantitative estimate of drug-likeness (QED) is 0.735. The van der Waals surface area contributed by atoms with Gasteiger partial charge in [-0.15, -0.1) is 5.11 Å². The molecule has 0 saturated carbocycles. The van der Waals surface area contributed by atoms with Gasteiger partial charge in [-0.3, -0.25) is 0 Å². The number of para-hydroxylation sites is 2. The first-order chi connectivity index (χ1) is 7.84. The fourth-order valence-corrected chi connectivity index (χ4v) is 1.24. The average Bonchev–Trinajstić information content (AvgIpc) is 2.31. The van der Waals surface area contributed by atoms with E-state index in [1.807, 2.05) is 12.1 Å². The predicted octanol–water partition coefficient (Wildman–Crippen LogP) is 2.86. The second kappa shape index (κ2) is 5.19. The molecule has 0 amide bonds. The Kier molecular flexibility index (Phi) is 3.41. The van der Waals surface area contributed by atoms with Crippen molar-refractivity contribution in [1.29, 1.82) is 0 Å². The lowest BCUT2D eigenvalue weighted by Crippen LogP contribution is -2.21. The molecule has 2 rings (SSSR count). The zero-order valence-corrected chi connectivity index (χ0v) is 8.58. The summed E-state index contributed by atoms with van der Waals surface area (Å²) in [6.07, 6.45) is 0. The van der Waals surface area contributed by atoms with Gasteiger partial charge in [0.2, 0.25) is 0 Å². The molecule has 0 unspecified atom stereocenters. The number of hydrogen-bond acceptors (Lipinski definition) is 2. The van der Waals surface area contributed by atoms with Gasteiger partial charge in [0.25, 0.3) is 0 Å². The summed E-state index contributed by atoms with van der Waals surface area (Å²) >= 11 is 0. The summed E-state index contributed by atoms with van der Waals surface area (Å²) in [6, 6.07) is 17.7. The minimum atomic E-state index is -1.55. The number of hydrogen-bond donors (Lipinski definition) is 0. The molecule has 0 heterocycles. The Morgan fingerprint density at radius 2 is 1.06 bits per heavy atom. The maximum atomic E-state index is 11.4. The number of rotatable bonds is 4. The molecule has 2 aromatic carbocycles. The van der Waals surface area contributed by atoms with Crippen molar-refractivity contribution in [2.75, 3.05) is 0 Å². The van der Waals surface area contributed by atoms with Crippen LogP contribution in [-0.2, 0) is 5.11 Å². The lowest BCUT2D eigenvalue weighted by atomic mass is 10.3. The average molecular weight is 215 g/mol. The fraction of sp³-hybridized carbons (Fsp3) is 0.0769. The van der Waals surface area contributed by atoms with E-state index in [2.05, 4.69) is 0 Å². The molecule has 81 valence electrons. The summed E-state index contributed by atoms with van der Waals surface area (Å²) in [5.41, 5.74) is 0. The second-order valence-corrected chi connectivity index (χ2v) is 3.15. The highest BCUT2D eigenvalue weighted by Gasteiger charge is 2.08. The van der Waals surface area contributed by atoms with Crippen molar-refractivity contribution < 1.29 is 14.6 Å². The molecule has 1 radical (unpaired) electrons. The predicted molar refractivity (Wildman–Crippen MR) is 58.6 cm³/mol. The molecule has 0 aliphatic heterocycles. The van der Waals surface area contributed by atoms with Gasteiger partial charge in [-0.2, -0.15) is 0 Å². The van der Waals surface area contributed by atoms with Crippen LogP contribution >= 0.6 is 0 Å². The van der Waals surface area contributed by atoms with Crippen molar-refractivity contribution in [3.05, 3.63) is 60.7 Å². The molecule has 0 bridgehead atoms. The smallest absolute Gasteiger partial charge is 0.388 e. The number of benzene rings is 2. The van der Waals surface area contributed by atoms with Gasteiger partial charge < -0.3 is 9.47 Å². The zero-order valence-electron chi connectivity index (χ0n) is 8.58. The summed E-state index contributed by atoms with van der Waals surface area (Å²) in [5.74, 6) is 0.997. The minimum Gasteiger partial charge on any atom is -0.431 e. The first-order valence-corrected chi connectivity index (χ1v) is 4.94. The van der Waals surface area contributed by atoms with Crippen molar-refractivity contribution >= 4 is 0 Å². The topological polar surface area (TPSA) is 38.4 Å². The van der Waals surface area contributed by atoms with Crippen LogP contribution in [0.4, 0.5) is 0 Å². The molecule has 3 heteroatoms. The van der Waals surface area contributed by atoms with E-state index < -0.39 is 6.48 Å². The zero-order chi connectivity index (χ0) is 11.2. The molecule has 0 aliphatic carbocycles. The van der Waals surface area contributed by atoms with Crippen LogP contribution in [0.3, 0.4) is 0 Å². The lowest BCUT2D eigenvalue weighted by molar-refractivity contribution is -0.199. The summed E-state index contributed by atoms with van der Waals surface area (Å²) in [6.45, 7) is -1.55. The molecular formula is C13H11O3. The molecule has 0 N–H and O–H groups in total. The summed E-state index contributed by atoms with van der Waals surface area (Å²) in [7, 11) is 0. The van der Waals surface area contributed by atoms with Crippen LogP contribution in [0, 0.1) is 0 Å². The van der Waals surface area contributed by atoms with Gasteiger partial charge >= 0.3 is 6.48 Å². The van der Waals surface area contributed by atoms with Crippen LogP contribution in [0.5, 0.6) is 11.5 Å². The van der Waals surface area contributed by atoms with Crippen molar-refractivity contribution in [3.8, 4) is 11.5 Å². The van der Waals surface area contributed by atoms with E-state index >= 15 is 0 Å². The van der Waals surface area contributed by atoms with E-state index in [1.54, 1.807) is 48.5 Å². The Hall–Kier alpha value is -2.00. The Bertz CT molecular complexity index is 372. The van der Waals surface area contributed by atoms with Crippen molar-refractivity contribution in [2.45, 2.75) is 6.48 Å². The van der Waals surface area contributed by atoms with Crippen LogP contribution in [0.15, 0.2) is 60.7 Å². The molecular weight excluding hydrogens is 204 g/mol. The normalized spacial score (nSPS) is 10.1. The van der Waals surface area contributed by atoms with Gasteiger partial charge in [0.05, 0.1) is 0 Å². The molecule has 0 spiro atoms. The SMILES string of the molecule is [O]C(Oc1ccccc1)Oc1ccccc1. The van der Waals surface area contributed by atoms with Crippen molar-refractivity contribution in [2.24, 2.45) is 0 Å². The first kappa shape index (κ1) is 10.5. The molecule has 16 heavy (non-hydrogen) atoms. The van der Waals surface area contributed by atoms with Crippen LogP contribution in [-0.4, -0.2) is 6.48 Å². The third-order valence-electron chi connectivity index (χ3n) is 1.95.